The highest BCUT2D eigenvalue weighted by atomic mass is 32.1. The van der Waals surface area contributed by atoms with E-state index in [9.17, 15) is 0 Å². The van der Waals surface area contributed by atoms with Gasteiger partial charge in [-0.25, -0.2) is 4.98 Å². The number of ether oxygens (including phenoxy) is 1. The van der Waals surface area contributed by atoms with Gasteiger partial charge in [-0.05, 0) is 50.5 Å². The van der Waals surface area contributed by atoms with Gasteiger partial charge < -0.3 is 9.64 Å². The van der Waals surface area contributed by atoms with Crippen molar-refractivity contribution in [3.63, 3.8) is 0 Å². The molecule has 3 rings (SSSR count). The van der Waals surface area contributed by atoms with Crippen molar-refractivity contribution in [2.45, 2.75) is 26.2 Å². The van der Waals surface area contributed by atoms with Gasteiger partial charge in [0.25, 0.3) is 0 Å². The summed E-state index contributed by atoms with van der Waals surface area (Å²) >= 11 is 1.92. The highest BCUT2D eigenvalue weighted by Gasteiger charge is 2.22. The summed E-state index contributed by atoms with van der Waals surface area (Å²) < 4.78 is 7.15. The van der Waals surface area contributed by atoms with Gasteiger partial charge in [0, 0.05) is 33.8 Å². The van der Waals surface area contributed by atoms with E-state index in [-0.39, 0.29) is 5.92 Å². The van der Waals surface area contributed by atoms with Crippen LogP contribution in [0, 0.1) is 0 Å². The first-order valence-corrected chi connectivity index (χ1v) is 9.66. The fourth-order valence-corrected chi connectivity index (χ4v) is 4.54. The molecule has 0 aliphatic heterocycles. The maximum Gasteiger partial charge on any atom is 0.217 e. The SMILES string of the molecule is CCOc1ncccc1C(C)c1c(CCN(C)C)sc2ccccc12. The minimum Gasteiger partial charge on any atom is -0.478 e. The van der Waals surface area contributed by atoms with Crippen LogP contribution in [0.4, 0.5) is 0 Å². The Morgan fingerprint density at radius 3 is 2.72 bits per heavy atom. The fourth-order valence-electron chi connectivity index (χ4n) is 3.25. The van der Waals surface area contributed by atoms with Crippen LogP contribution in [0.1, 0.15) is 35.8 Å². The fraction of sp³-hybridized carbons (Fsp3) is 0.381. The van der Waals surface area contributed by atoms with Gasteiger partial charge in [0.05, 0.1) is 6.61 Å². The summed E-state index contributed by atoms with van der Waals surface area (Å²) in [6, 6.07) is 12.9. The number of hydrogen-bond donors (Lipinski definition) is 0. The topological polar surface area (TPSA) is 25.4 Å². The summed E-state index contributed by atoms with van der Waals surface area (Å²) in [6.07, 6.45) is 2.87. The van der Waals surface area contributed by atoms with Crippen molar-refractivity contribution in [3.05, 3.63) is 58.6 Å². The second kappa shape index (κ2) is 7.98. The van der Waals surface area contributed by atoms with Crippen molar-refractivity contribution in [2.75, 3.05) is 27.2 Å². The van der Waals surface area contributed by atoms with Crippen molar-refractivity contribution in [3.8, 4) is 5.88 Å². The van der Waals surface area contributed by atoms with Crippen LogP contribution in [0.25, 0.3) is 10.1 Å². The number of fused-ring (bicyclic) bond motifs is 1. The zero-order valence-electron chi connectivity index (χ0n) is 15.5. The Balaban J connectivity index is 2.08. The van der Waals surface area contributed by atoms with Crippen LogP contribution in [0.5, 0.6) is 5.88 Å². The van der Waals surface area contributed by atoms with Gasteiger partial charge in [0.15, 0.2) is 0 Å². The van der Waals surface area contributed by atoms with Crippen molar-refractivity contribution >= 4 is 21.4 Å². The Hall–Kier alpha value is -1.91. The van der Waals surface area contributed by atoms with Crippen LogP contribution < -0.4 is 4.74 Å². The minimum absolute atomic E-state index is 0.253. The number of hydrogen-bond acceptors (Lipinski definition) is 4. The molecule has 132 valence electrons. The van der Waals surface area contributed by atoms with E-state index in [0.717, 1.165) is 18.8 Å². The van der Waals surface area contributed by atoms with Crippen LogP contribution in [0.3, 0.4) is 0 Å². The summed E-state index contributed by atoms with van der Waals surface area (Å²) in [5.74, 6) is 1.01. The molecule has 0 radical (unpaired) electrons. The molecule has 2 aromatic heterocycles. The molecule has 0 spiro atoms. The molecular weight excluding hydrogens is 328 g/mol. The second-order valence-electron chi connectivity index (χ2n) is 6.54. The normalized spacial score (nSPS) is 12.7. The van der Waals surface area contributed by atoms with Crippen LogP contribution in [0.15, 0.2) is 42.6 Å². The third-order valence-corrected chi connectivity index (χ3v) is 5.72. The first kappa shape index (κ1) is 17.9. The van der Waals surface area contributed by atoms with E-state index in [1.54, 1.807) is 6.20 Å². The van der Waals surface area contributed by atoms with Crippen LogP contribution in [0.2, 0.25) is 0 Å². The predicted octanol–water partition coefficient (Wildman–Crippen LogP) is 4.95. The van der Waals surface area contributed by atoms with Gasteiger partial charge in [0.2, 0.25) is 5.88 Å². The third-order valence-electron chi connectivity index (χ3n) is 4.48. The lowest BCUT2D eigenvalue weighted by molar-refractivity contribution is 0.322. The molecule has 1 aromatic carbocycles. The van der Waals surface area contributed by atoms with Crippen LogP contribution >= 0.6 is 11.3 Å². The van der Waals surface area contributed by atoms with E-state index in [2.05, 4.69) is 61.2 Å². The number of thiophene rings is 1. The molecule has 0 fully saturated rings. The average Bonchev–Trinajstić information content (AvgIpc) is 2.98. The molecule has 0 aliphatic rings. The first-order chi connectivity index (χ1) is 12.1. The van der Waals surface area contributed by atoms with Gasteiger partial charge >= 0.3 is 0 Å². The highest BCUT2D eigenvalue weighted by molar-refractivity contribution is 7.19. The lowest BCUT2D eigenvalue weighted by Crippen LogP contribution is -2.15. The molecule has 0 amide bonds. The minimum atomic E-state index is 0.253. The predicted molar refractivity (Wildman–Crippen MR) is 107 cm³/mol. The number of pyridine rings is 1. The quantitative estimate of drug-likeness (QED) is 0.600. The van der Waals surface area contributed by atoms with E-state index in [1.165, 1.54) is 26.1 Å². The van der Waals surface area contributed by atoms with Crippen molar-refractivity contribution < 1.29 is 4.74 Å². The summed E-state index contributed by atoms with van der Waals surface area (Å²) in [7, 11) is 4.26. The molecule has 1 unspecified atom stereocenters. The zero-order chi connectivity index (χ0) is 17.8. The Labute approximate surface area is 154 Å². The second-order valence-corrected chi connectivity index (χ2v) is 7.68. The van der Waals surface area contributed by atoms with Crippen molar-refractivity contribution in [1.29, 1.82) is 0 Å². The van der Waals surface area contributed by atoms with E-state index in [4.69, 9.17) is 4.74 Å². The standard InChI is InChI=1S/C21H26N2OS/c1-5-24-21-16(10-8-13-22-21)15(2)20-17-9-6-7-11-18(17)25-19(20)12-14-23(3)4/h6-11,13,15H,5,12,14H2,1-4H3. The number of nitrogens with zero attached hydrogens (tertiary/aromatic N) is 2. The Morgan fingerprint density at radius 2 is 1.96 bits per heavy atom. The number of benzene rings is 1. The van der Waals surface area contributed by atoms with Gasteiger partial charge in [-0.15, -0.1) is 11.3 Å². The van der Waals surface area contributed by atoms with Gasteiger partial charge in [0.1, 0.15) is 0 Å². The van der Waals surface area contributed by atoms with E-state index in [0.29, 0.717) is 6.61 Å². The molecule has 3 aromatic rings. The highest BCUT2D eigenvalue weighted by Crippen LogP contribution is 2.41. The largest absolute Gasteiger partial charge is 0.478 e. The maximum atomic E-state index is 5.79. The van der Waals surface area contributed by atoms with E-state index in [1.807, 2.05) is 24.3 Å². The van der Waals surface area contributed by atoms with Crippen LogP contribution in [-0.4, -0.2) is 37.1 Å². The number of rotatable bonds is 7. The molecule has 0 N–H and O–H groups in total. The maximum absolute atomic E-state index is 5.79. The molecule has 0 aliphatic carbocycles. The molecule has 0 bridgehead atoms. The Morgan fingerprint density at radius 1 is 1.16 bits per heavy atom. The Kier molecular flexibility index (Phi) is 5.71. The average molecular weight is 355 g/mol. The summed E-state index contributed by atoms with van der Waals surface area (Å²) in [5.41, 5.74) is 2.59. The van der Waals surface area contributed by atoms with Gasteiger partial charge in [-0.3, -0.25) is 0 Å². The molecule has 3 nitrogen and oxygen atoms in total. The summed E-state index contributed by atoms with van der Waals surface area (Å²) in [5, 5.41) is 1.36. The van der Waals surface area contributed by atoms with Crippen molar-refractivity contribution in [1.82, 2.24) is 9.88 Å². The van der Waals surface area contributed by atoms with E-state index < -0.39 is 0 Å². The first-order valence-electron chi connectivity index (χ1n) is 8.84. The van der Waals surface area contributed by atoms with Gasteiger partial charge in [-0.1, -0.05) is 31.2 Å². The lowest BCUT2D eigenvalue weighted by Gasteiger charge is -2.18. The number of aromatic nitrogens is 1. The van der Waals surface area contributed by atoms with E-state index >= 15 is 0 Å². The van der Waals surface area contributed by atoms with Gasteiger partial charge in [-0.2, -0.15) is 0 Å². The van der Waals surface area contributed by atoms with Crippen molar-refractivity contribution in [2.24, 2.45) is 0 Å². The van der Waals surface area contributed by atoms with Crippen LogP contribution in [-0.2, 0) is 6.42 Å². The lowest BCUT2D eigenvalue weighted by atomic mass is 9.90. The number of likely N-dealkylation sites (N-methyl/N-ethyl adjacent to an activating group) is 1. The molecule has 0 saturated carbocycles. The molecule has 25 heavy (non-hydrogen) atoms. The smallest absolute Gasteiger partial charge is 0.217 e. The molecule has 1 atom stereocenters. The monoisotopic (exact) mass is 354 g/mol. The summed E-state index contributed by atoms with van der Waals surface area (Å²) in [6.45, 7) is 5.96. The molecule has 0 saturated heterocycles. The third kappa shape index (κ3) is 3.86. The molecule has 4 heteroatoms. The molecule has 2 heterocycles. The molecular formula is C21H26N2OS. The summed E-state index contributed by atoms with van der Waals surface area (Å²) in [4.78, 5) is 8.17. The zero-order valence-corrected chi connectivity index (χ0v) is 16.3. The Bertz CT molecular complexity index is 841.